The number of rotatable bonds is 4. The predicted octanol–water partition coefficient (Wildman–Crippen LogP) is 1.31. The molecule has 162 valence electrons. The molecule has 0 aliphatic carbocycles. The number of nitrogens with zero attached hydrogens (tertiary/aromatic N) is 4. The van der Waals surface area contributed by atoms with Crippen molar-refractivity contribution in [3.8, 4) is 0 Å². The highest BCUT2D eigenvalue weighted by molar-refractivity contribution is 6.02. The molecule has 0 bridgehead atoms. The Morgan fingerprint density at radius 1 is 1.29 bits per heavy atom. The molecule has 1 fully saturated rings. The number of para-hydroxylation sites is 2. The van der Waals surface area contributed by atoms with Crippen LogP contribution >= 0.6 is 0 Å². The van der Waals surface area contributed by atoms with E-state index in [1.165, 1.54) is 0 Å². The highest BCUT2D eigenvalue weighted by atomic mass is 16.2. The summed E-state index contributed by atoms with van der Waals surface area (Å²) in [6.07, 6.45) is 3.30. The lowest BCUT2D eigenvalue weighted by Gasteiger charge is -2.35. The van der Waals surface area contributed by atoms with Gasteiger partial charge in [-0.25, -0.2) is 9.97 Å². The number of hydrogen-bond donors (Lipinski definition) is 2. The molecule has 9 nitrogen and oxygen atoms in total. The second-order valence-corrected chi connectivity index (χ2v) is 7.91. The van der Waals surface area contributed by atoms with Gasteiger partial charge in [-0.15, -0.1) is 0 Å². The van der Waals surface area contributed by atoms with Crippen LogP contribution in [0.4, 0.5) is 11.4 Å². The number of amides is 3. The van der Waals surface area contributed by atoms with Crippen molar-refractivity contribution in [3.05, 3.63) is 47.5 Å². The second kappa shape index (κ2) is 8.71. The molecule has 31 heavy (non-hydrogen) atoms. The largest absolute Gasteiger partial charge is 0.355 e. The van der Waals surface area contributed by atoms with Crippen molar-refractivity contribution < 1.29 is 14.4 Å². The Labute approximate surface area is 180 Å². The first-order valence-corrected chi connectivity index (χ1v) is 10.4. The third-order valence-electron chi connectivity index (χ3n) is 5.79. The van der Waals surface area contributed by atoms with E-state index in [1.807, 2.05) is 34.1 Å². The van der Waals surface area contributed by atoms with Gasteiger partial charge in [-0.1, -0.05) is 12.1 Å². The molecule has 0 unspecified atom stereocenters. The molecular weight excluding hydrogens is 396 g/mol. The van der Waals surface area contributed by atoms with Gasteiger partial charge in [-0.2, -0.15) is 0 Å². The summed E-state index contributed by atoms with van der Waals surface area (Å²) in [7, 11) is 1.57. The van der Waals surface area contributed by atoms with E-state index < -0.39 is 0 Å². The standard InChI is InChI=1S/C22H26N6O3/c1-14-16(22(31)23-2)10-24-21(25-14)15-6-5-9-27(11-15)20(30)13-28-12-19(29)26-17-7-3-4-8-18(17)28/h3-4,7-8,10,15H,5-6,9,11-13H2,1-2H3,(H,23,31)(H,26,29)/t15-/m0/s1. The lowest BCUT2D eigenvalue weighted by Crippen LogP contribution is -2.48. The van der Waals surface area contributed by atoms with Gasteiger partial charge in [0.15, 0.2) is 0 Å². The van der Waals surface area contributed by atoms with Crippen molar-refractivity contribution in [1.82, 2.24) is 20.2 Å². The van der Waals surface area contributed by atoms with Crippen molar-refractivity contribution >= 4 is 29.1 Å². The van der Waals surface area contributed by atoms with Gasteiger partial charge in [0.1, 0.15) is 5.82 Å². The minimum absolute atomic E-state index is 0.0204. The van der Waals surface area contributed by atoms with E-state index in [0.717, 1.165) is 24.2 Å². The van der Waals surface area contributed by atoms with Gasteiger partial charge >= 0.3 is 0 Å². The van der Waals surface area contributed by atoms with Gasteiger partial charge in [0, 0.05) is 32.3 Å². The number of aryl methyl sites for hydroxylation is 1. The smallest absolute Gasteiger partial charge is 0.254 e. The molecule has 1 aromatic heterocycles. The van der Waals surface area contributed by atoms with Crippen LogP contribution in [0.25, 0.3) is 0 Å². The molecule has 1 atom stereocenters. The molecule has 2 aliphatic heterocycles. The number of fused-ring (bicyclic) bond motifs is 1. The Hall–Kier alpha value is -3.49. The summed E-state index contributed by atoms with van der Waals surface area (Å²) in [6, 6.07) is 7.50. The van der Waals surface area contributed by atoms with E-state index >= 15 is 0 Å². The number of carbonyl (C=O) groups excluding carboxylic acids is 3. The molecule has 1 saturated heterocycles. The van der Waals surface area contributed by atoms with Gasteiger partial charge in [-0.3, -0.25) is 14.4 Å². The molecule has 9 heteroatoms. The summed E-state index contributed by atoms with van der Waals surface area (Å²) in [4.78, 5) is 49.6. The normalized spacial score (nSPS) is 18.3. The lowest BCUT2D eigenvalue weighted by molar-refractivity contribution is -0.131. The van der Waals surface area contributed by atoms with Crippen LogP contribution in [0.1, 0.15) is 40.6 Å². The van der Waals surface area contributed by atoms with Crippen LogP contribution < -0.4 is 15.5 Å². The maximum absolute atomic E-state index is 13.1. The quantitative estimate of drug-likeness (QED) is 0.769. The summed E-state index contributed by atoms with van der Waals surface area (Å²) in [5.41, 5.74) is 2.66. The molecule has 3 amide bonds. The molecule has 3 heterocycles. The fraction of sp³-hybridized carbons (Fsp3) is 0.409. The SMILES string of the molecule is CNC(=O)c1cnc([C@H]2CCCN(C(=O)CN3CC(=O)Nc4ccccc43)C2)nc1C. The highest BCUT2D eigenvalue weighted by Crippen LogP contribution is 2.29. The Kier molecular flexibility index (Phi) is 5.83. The van der Waals surface area contributed by atoms with Crippen LogP contribution in [0, 0.1) is 6.92 Å². The van der Waals surface area contributed by atoms with Crippen molar-refractivity contribution in [3.63, 3.8) is 0 Å². The minimum Gasteiger partial charge on any atom is -0.355 e. The Morgan fingerprint density at radius 3 is 2.87 bits per heavy atom. The van der Waals surface area contributed by atoms with Crippen LogP contribution in [0.3, 0.4) is 0 Å². The van der Waals surface area contributed by atoms with Gasteiger partial charge in [0.2, 0.25) is 11.8 Å². The number of nitrogens with one attached hydrogen (secondary N) is 2. The Morgan fingerprint density at radius 2 is 2.10 bits per heavy atom. The first-order chi connectivity index (χ1) is 15.0. The first-order valence-electron chi connectivity index (χ1n) is 10.4. The third kappa shape index (κ3) is 4.35. The van der Waals surface area contributed by atoms with Crippen molar-refractivity contribution in [2.75, 3.05) is 43.4 Å². The fourth-order valence-electron chi connectivity index (χ4n) is 4.16. The predicted molar refractivity (Wildman–Crippen MR) is 116 cm³/mol. The molecule has 0 radical (unpaired) electrons. The zero-order valence-electron chi connectivity index (χ0n) is 17.7. The monoisotopic (exact) mass is 422 g/mol. The molecule has 2 aromatic rings. The summed E-state index contributed by atoms with van der Waals surface area (Å²) in [5, 5.41) is 5.43. The molecule has 1 aromatic carbocycles. The maximum atomic E-state index is 13.1. The van der Waals surface area contributed by atoms with E-state index in [-0.39, 0.29) is 36.7 Å². The Balaban J connectivity index is 1.45. The lowest BCUT2D eigenvalue weighted by atomic mass is 9.96. The zero-order chi connectivity index (χ0) is 22.0. The molecule has 2 aliphatic rings. The summed E-state index contributed by atoms with van der Waals surface area (Å²) in [5.74, 6) is 0.323. The van der Waals surface area contributed by atoms with E-state index in [4.69, 9.17) is 0 Å². The average molecular weight is 422 g/mol. The van der Waals surface area contributed by atoms with Crippen LogP contribution in [0.5, 0.6) is 0 Å². The summed E-state index contributed by atoms with van der Waals surface area (Å²) < 4.78 is 0. The topological polar surface area (TPSA) is 108 Å². The highest BCUT2D eigenvalue weighted by Gasteiger charge is 2.30. The van der Waals surface area contributed by atoms with Crippen molar-refractivity contribution in [2.24, 2.45) is 0 Å². The van der Waals surface area contributed by atoms with Gasteiger partial charge in [0.05, 0.1) is 35.7 Å². The van der Waals surface area contributed by atoms with Gasteiger partial charge in [0.25, 0.3) is 5.91 Å². The number of hydrogen-bond acceptors (Lipinski definition) is 6. The maximum Gasteiger partial charge on any atom is 0.254 e. The van der Waals surface area contributed by atoms with E-state index in [0.29, 0.717) is 30.2 Å². The molecule has 0 saturated carbocycles. The third-order valence-corrected chi connectivity index (χ3v) is 5.79. The first kappa shape index (κ1) is 20.8. The number of benzene rings is 1. The number of aromatic nitrogens is 2. The zero-order valence-corrected chi connectivity index (χ0v) is 17.7. The minimum atomic E-state index is -0.213. The second-order valence-electron chi connectivity index (χ2n) is 7.91. The summed E-state index contributed by atoms with van der Waals surface area (Å²) in [6.45, 7) is 3.29. The van der Waals surface area contributed by atoms with Gasteiger partial charge < -0.3 is 20.4 Å². The molecular formula is C22H26N6O3. The summed E-state index contributed by atoms with van der Waals surface area (Å²) >= 11 is 0. The van der Waals surface area contributed by atoms with E-state index in [2.05, 4.69) is 20.6 Å². The molecule has 2 N–H and O–H groups in total. The number of carbonyl (C=O) groups is 3. The molecule has 0 spiro atoms. The fourth-order valence-corrected chi connectivity index (χ4v) is 4.16. The van der Waals surface area contributed by atoms with Crippen LogP contribution in [0.2, 0.25) is 0 Å². The van der Waals surface area contributed by atoms with Gasteiger partial charge in [-0.05, 0) is 31.9 Å². The van der Waals surface area contributed by atoms with Crippen molar-refractivity contribution in [1.29, 1.82) is 0 Å². The molecule has 4 rings (SSSR count). The van der Waals surface area contributed by atoms with E-state index in [1.54, 1.807) is 20.2 Å². The average Bonchev–Trinajstić information content (AvgIpc) is 2.78. The van der Waals surface area contributed by atoms with Crippen LogP contribution in [-0.2, 0) is 9.59 Å². The van der Waals surface area contributed by atoms with E-state index in [9.17, 15) is 14.4 Å². The van der Waals surface area contributed by atoms with Crippen LogP contribution in [0.15, 0.2) is 30.5 Å². The number of likely N-dealkylation sites (tertiary alicyclic amines) is 1. The Bertz CT molecular complexity index is 1020. The number of piperidine rings is 1. The number of anilines is 2. The van der Waals surface area contributed by atoms with Crippen molar-refractivity contribution in [2.45, 2.75) is 25.7 Å². The van der Waals surface area contributed by atoms with Crippen LogP contribution in [-0.4, -0.2) is 65.8 Å².